The molecule has 166 valence electrons. The Hall–Kier alpha value is -4.35. The number of allylic oxidation sites excluding steroid dienone is 1. The second-order valence-corrected chi connectivity index (χ2v) is 6.34. The molecule has 3 N–H and O–H groups in total. The van der Waals surface area contributed by atoms with E-state index in [1.165, 1.54) is 42.4 Å². The Morgan fingerprint density at radius 2 is 2.06 bits per heavy atom. The van der Waals surface area contributed by atoms with Crippen molar-refractivity contribution < 1.29 is 22.8 Å². The molecule has 0 aliphatic carbocycles. The monoisotopic (exact) mass is 443 g/mol. The topological polar surface area (TPSA) is 136 Å². The number of benzene rings is 1. The zero-order valence-corrected chi connectivity index (χ0v) is 17.3. The van der Waals surface area contributed by atoms with Crippen molar-refractivity contribution in [1.82, 2.24) is 30.3 Å². The van der Waals surface area contributed by atoms with Gasteiger partial charge in [-0.2, -0.15) is 5.10 Å². The van der Waals surface area contributed by atoms with Crippen LogP contribution in [0.1, 0.15) is 21.5 Å². The van der Waals surface area contributed by atoms with Crippen LogP contribution in [0.5, 0.6) is 5.75 Å². The van der Waals surface area contributed by atoms with Crippen LogP contribution in [0.15, 0.2) is 36.7 Å². The molecule has 0 fully saturated rings. The molecule has 11 nitrogen and oxygen atoms in total. The molecule has 0 radical (unpaired) electrons. The second-order valence-electron chi connectivity index (χ2n) is 6.34. The van der Waals surface area contributed by atoms with Crippen molar-refractivity contribution in [3.05, 3.63) is 48.2 Å². The van der Waals surface area contributed by atoms with Gasteiger partial charge in [-0.15, -0.1) is 10.2 Å². The van der Waals surface area contributed by atoms with Crippen molar-refractivity contribution in [1.29, 1.82) is 0 Å². The third kappa shape index (κ3) is 4.86. The van der Waals surface area contributed by atoms with Crippen LogP contribution in [0.25, 0.3) is 11.4 Å². The van der Waals surface area contributed by atoms with Gasteiger partial charge in [-0.3, -0.25) is 14.3 Å². The lowest BCUT2D eigenvalue weighted by atomic mass is 10.1. The zero-order valence-electron chi connectivity index (χ0n) is 20.3. The molecule has 0 saturated carbocycles. The van der Waals surface area contributed by atoms with E-state index in [0.717, 1.165) is 6.07 Å². The van der Waals surface area contributed by atoms with Gasteiger partial charge in [0.05, 0.1) is 24.0 Å². The van der Waals surface area contributed by atoms with Gasteiger partial charge in [-0.25, -0.2) is 9.37 Å². The first-order chi connectivity index (χ1) is 16.5. The van der Waals surface area contributed by atoms with Crippen LogP contribution in [0.2, 0.25) is 0 Å². The molecule has 3 rings (SSSR count). The molecular weight excluding hydrogens is 419 g/mol. The smallest absolute Gasteiger partial charge is 0.273 e. The van der Waals surface area contributed by atoms with Gasteiger partial charge in [0.2, 0.25) is 5.91 Å². The Bertz CT molecular complexity index is 1290. The van der Waals surface area contributed by atoms with Crippen LogP contribution in [0.3, 0.4) is 0 Å². The first-order valence-corrected chi connectivity index (χ1v) is 9.15. The maximum Gasteiger partial charge on any atom is 0.273 e. The normalized spacial score (nSPS) is 12.6. The number of anilines is 3. The summed E-state index contributed by atoms with van der Waals surface area (Å²) in [7, 11) is 2.99. The lowest BCUT2D eigenvalue weighted by molar-refractivity contribution is -0.111. The highest BCUT2D eigenvalue weighted by atomic mass is 19.1. The van der Waals surface area contributed by atoms with Gasteiger partial charge in [0.15, 0.2) is 23.1 Å². The molecule has 0 saturated heterocycles. The quantitative estimate of drug-likeness (QED) is 0.472. The Morgan fingerprint density at radius 1 is 1.25 bits per heavy atom. The van der Waals surface area contributed by atoms with Gasteiger partial charge in [0.25, 0.3) is 5.91 Å². The summed E-state index contributed by atoms with van der Waals surface area (Å²) >= 11 is 0. The molecule has 2 amide bonds. The number of carbonyl (C=O) groups excluding carboxylic acids is 2. The summed E-state index contributed by atoms with van der Waals surface area (Å²) < 4.78 is 43.3. The summed E-state index contributed by atoms with van der Waals surface area (Å²) in [4.78, 5) is 28.6. The minimum Gasteiger partial charge on any atom is -0.494 e. The Kier molecular flexibility index (Phi) is 5.55. The van der Waals surface area contributed by atoms with Crippen molar-refractivity contribution in [3.63, 3.8) is 0 Å². The molecule has 0 spiro atoms. The summed E-state index contributed by atoms with van der Waals surface area (Å²) in [6.07, 6.45) is 4.17. The average molecular weight is 443 g/mol. The fourth-order valence-corrected chi connectivity index (χ4v) is 2.77. The molecule has 0 unspecified atom stereocenters. The lowest BCUT2D eigenvalue weighted by Gasteiger charge is -2.16. The highest BCUT2D eigenvalue weighted by Crippen LogP contribution is 2.38. The van der Waals surface area contributed by atoms with E-state index in [4.69, 9.17) is 8.85 Å². The van der Waals surface area contributed by atoms with Crippen LogP contribution in [0.4, 0.5) is 21.6 Å². The summed E-state index contributed by atoms with van der Waals surface area (Å²) in [5, 5.41) is 18.8. The number of carbonyl (C=O) groups is 2. The minimum absolute atomic E-state index is 0.0524. The lowest BCUT2D eigenvalue weighted by Crippen LogP contribution is -2.22. The molecule has 32 heavy (non-hydrogen) atoms. The maximum absolute atomic E-state index is 14.6. The number of methoxy groups -OCH3 is 1. The van der Waals surface area contributed by atoms with Crippen LogP contribution in [0, 0.1) is 5.82 Å². The number of hydrogen-bond acceptors (Lipinski definition) is 8. The number of halogens is 1. The molecule has 0 aliphatic heterocycles. The molecule has 3 aromatic rings. The Balaban J connectivity index is 2.10. The Morgan fingerprint density at radius 3 is 2.72 bits per heavy atom. The number of ether oxygens (including phenoxy) is 1. The number of hydrogen-bond donors (Lipinski definition) is 3. The highest BCUT2D eigenvalue weighted by Gasteiger charge is 2.20. The zero-order chi connectivity index (χ0) is 25.8. The van der Waals surface area contributed by atoms with Crippen molar-refractivity contribution >= 4 is 29.0 Å². The van der Waals surface area contributed by atoms with Gasteiger partial charge >= 0.3 is 0 Å². The van der Waals surface area contributed by atoms with E-state index in [-0.39, 0.29) is 34.3 Å². The van der Waals surface area contributed by atoms with Crippen LogP contribution >= 0.6 is 0 Å². The molecular formula is C20H21FN8O3. The predicted molar refractivity (Wildman–Crippen MR) is 115 cm³/mol. The highest BCUT2D eigenvalue weighted by molar-refractivity contribution is 6.01. The summed E-state index contributed by atoms with van der Waals surface area (Å²) in [5.74, 6) is -2.00. The van der Waals surface area contributed by atoms with E-state index in [1.54, 1.807) is 14.0 Å². The summed E-state index contributed by atoms with van der Waals surface area (Å²) in [6, 6.07) is 3.51. The SMILES string of the molecule is [2H]C([2H])([2H])NC(=O)c1nnc(NC(=O)C=CC)cc1Nc1cc(F)cc(-c2ncn(C)n2)c1OC. The van der Waals surface area contributed by atoms with Crippen molar-refractivity contribution in [3.8, 4) is 17.1 Å². The largest absolute Gasteiger partial charge is 0.494 e. The number of rotatable bonds is 7. The van der Waals surface area contributed by atoms with Gasteiger partial charge in [0.1, 0.15) is 12.1 Å². The number of amides is 2. The van der Waals surface area contributed by atoms with Crippen molar-refractivity contribution in [2.24, 2.45) is 7.05 Å². The molecule has 0 bridgehead atoms. The fourth-order valence-electron chi connectivity index (χ4n) is 2.77. The average Bonchev–Trinajstić information content (AvgIpc) is 3.18. The molecule has 12 heteroatoms. The van der Waals surface area contributed by atoms with E-state index >= 15 is 0 Å². The second kappa shape index (κ2) is 9.64. The number of nitrogens with one attached hydrogen (secondary N) is 3. The number of nitrogens with zero attached hydrogens (tertiary/aromatic N) is 5. The molecule has 2 aromatic heterocycles. The van der Waals surface area contributed by atoms with Gasteiger partial charge in [-0.05, 0) is 19.1 Å². The minimum atomic E-state index is -2.80. The van der Waals surface area contributed by atoms with Crippen LogP contribution in [-0.2, 0) is 11.8 Å². The third-order valence-electron chi connectivity index (χ3n) is 4.06. The van der Waals surface area contributed by atoms with Gasteiger partial charge < -0.3 is 20.7 Å². The van der Waals surface area contributed by atoms with Crippen LogP contribution < -0.4 is 20.7 Å². The van der Waals surface area contributed by atoms with E-state index in [1.807, 2.05) is 5.32 Å². The predicted octanol–water partition coefficient (Wildman–Crippen LogP) is 2.04. The van der Waals surface area contributed by atoms with E-state index in [2.05, 4.69) is 30.9 Å². The Labute approximate surface area is 186 Å². The van der Waals surface area contributed by atoms with Gasteiger partial charge in [0, 0.05) is 30.3 Å². The van der Waals surface area contributed by atoms with Crippen molar-refractivity contribution in [2.75, 3.05) is 24.7 Å². The maximum atomic E-state index is 14.6. The van der Waals surface area contributed by atoms with E-state index in [9.17, 15) is 14.0 Å². The standard InChI is InChI=1S/C20H21FN8O3/c1-5-6-16(30)25-15-9-13(17(27-26-15)20(31)22-2)24-14-8-11(21)7-12(18(14)32-4)19-23-10-29(3)28-19/h5-10H,1-4H3,(H,22,31)(H2,24,25,26,30)/i2D3. The molecule has 0 aliphatic rings. The first-order valence-electron chi connectivity index (χ1n) is 10.6. The molecule has 0 atom stereocenters. The van der Waals surface area contributed by atoms with E-state index < -0.39 is 30.3 Å². The number of aromatic nitrogens is 5. The molecule has 2 heterocycles. The summed E-state index contributed by atoms with van der Waals surface area (Å²) in [5.41, 5.74) is -0.236. The van der Waals surface area contributed by atoms with E-state index in [0.29, 0.717) is 0 Å². The van der Waals surface area contributed by atoms with Crippen molar-refractivity contribution in [2.45, 2.75) is 6.92 Å². The van der Waals surface area contributed by atoms with Crippen LogP contribution in [-0.4, -0.2) is 50.9 Å². The fraction of sp³-hybridized carbons (Fsp3) is 0.200. The molecule has 1 aromatic carbocycles. The number of aryl methyl sites for hydroxylation is 1. The third-order valence-corrected chi connectivity index (χ3v) is 4.06. The first kappa shape index (κ1) is 18.4. The summed E-state index contributed by atoms with van der Waals surface area (Å²) in [6.45, 7) is -1.16. The van der Waals surface area contributed by atoms with Gasteiger partial charge in [-0.1, -0.05) is 6.08 Å².